The second-order valence-electron chi connectivity index (χ2n) is 16.5. The number of nitrogens with zero attached hydrogens (tertiary/aromatic N) is 6. The molecule has 4 atom stereocenters. The molecule has 0 spiro atoms. The summed E-state index contributed by atoms with van der Waals surface area (Å²) in [5, 5.41) is 53.4. The monoisotopic (exact) mass is 954 g/mol. The van der Waals surface area contributed by atoms with E-state index in [0.29, 0.717) is 0 Å². The van der Waals surface area contributed by atoms with Crippen LogP contribution in [-0.4, -0.2) is 252 Å². The summed E-state index contributed by atoms with van der Waals surface area (Å²) in [6.45, 7) is 0.941. The second-order valence-corrected chi connectivity index (χ2v) is 16.5. The van der Waals surface area contributed by atoms with E-state index in [4.69, 9.17) is 11.5 Å². The lowest BCUT2D eigenvalue weighted by molar-refractivity contribution is -0.141. The quantitative estimate of drug-likeness (QED) is 0.0289. The first-order valence-corrected chi connectivity index (χ1v) is 22.0. The highest BCUT2D eigenvalue weighted by Crippen LogP contribution is 2.19. The fraction of sp³-hybridized carbons (Fsp3) is 0.718. The molecule has 0 aromatic heterocycles. The van der Waals surface area contributed by atoms with Crippen molar-refractivity contribution in [3.8, 4) is 0 Å². The molecule has 3 aliphatic rings. The predicted molar refractivity (Wildman–Crippen MR) is 235 cm³/mol. The van der Waals surface area contributed by atoms with Gasteiger partial charge in [-0.1, -0.05) is 0 Å². The zero-order valence-electron chi connectivity index (χ0n) is 37.5. The maximum Gasteiger partial charge on any atom is 0.317 e. The van der Waals surface area contributed by atoms with Crippen molar-refractivity contribution in [2.45, 2.75) is 62.7 Å². The number of carboxylic acid groups (broad SMARTS) is 4. The van der Waals surface area contributed by atoms with Gasteiger partial charge in [0.1, 0.15) is 12.1 Å². The highest BCUT2D eigenvalue weighted by atomic mass is 16.4. The highest BCUT2D eigenvalue weighted by Gasteiger charge is 2.40. The molecule has 3 heterocycles. The summed E-state index contributed by atoms with van der Waals surface area (Å²) in [7, 11) is 0. The summed E-state index contributed by atoms with van der Waals surface area (Å²) < 4.78 is 0. The number of likely N-dealkylation sites (tertiary alicyclic amines) is 1. The first-order chi connectivity index (χ1) is 31.8. The van der Waals surface area contributed by atoms with Crippen LogP contribution in [0.2, 0.25) is 0 Å². The van der Waals surface area contributed by atoms with Crippen LogP contribution in [0.15, 0.2) is 4.99 Å². The zero-order chi connectivity index (χ0) is 49.5. The molecule has 376 valence electrons. The molecule has 1 unspecified atom stereocenters. The largest absolute Gasteiger partial charge is 0.481 e. The van der Waals surface area contributed by atoms with Gasteiger partial charge in [-0.05, 0) is 25.7 Å². The lowest BCUT2D eigenvalue weighted by Gasteiger charge is -2.32. The average Bonchev–Trinajstić information content (AvgIpc) is 3.64. The molecule has 0 aromatic rings. The van der Waals surface area contributed by atoms with Crippen molar-refractivity contribution in [1.82, 2.24) is 56.4 Å². The molecule has 3 aliphatic heterocycles. The Morgan fingerprint density at radius 1 is 0.627 bits per heavy atom. The topological polar surface area (TPSA) is 404 Å². The van der Waals surface area contributed by atoms with Crippen molar-refractivity contribution >= 4 is 65.3 Å². The lowest BCUT2D eigenvalue weighted by Crippen LogP contribution is -2.55. The Labute approximate surface area is 386 Å². The van der Waals surface area contributed by atoms with Gasteiger partial charge in [0, 0.05) is 97.5 Å². The Kier molecular flexibility index (Phi) is 23.6. The molecular weight excluding hydrogens is 889 g/mol. The number of hydrogen-bond donors (Lipinski definition) is 12. The van der Waals surface area contributed by atoms with Crippen molar-refractivity contribution in [1.29, 1.82) is 0 Å². The molecule has 3 rings (SSSR count). The maximum absolute atomic E-state index is 13.7. The van der Waals surface area contributed by atoms with Gasteiger partial charge in [-0.2, -0.15) is 0 Å². The number of hydrogen-bond acceptors (Lipinski definition) is 16. The van der Waals surface area contributed by atoms with Crippen molar-refractivity contribution in [2.75, 3.05) is 118 Å². The summed E-state index contributed by atoms with van der Waals surface area (Å²) in [6.07, 6.45) is -0.0189. The zero-order valence-corrected chi connectivity index (χ0v) is 37.5. The van der Waals surface area contributed by atoms with E-state index < -0.39 is 84.6 Å². The SMILES string of the molecule is NC(N)=NCCCC1NC(=O)[C@@H]2C[C@@H](CN2CCNC(=O)CCCNC(=O)CN2CCN(CC(=O)O)CCN(CC(=O)O)CCN(CC(=O)O)CC2)NC(=O)[C@H](CC(=O)O)NC(=O)CNC1=O. The molecule has 6 amide bonds. The van der Waals surface area contributed by atoms with Gasteiger partial charge >= 0.3 is 23.9 Å². The highest BCUT2D eigenvalue weighted by molar-refractivity contribution is 5.95. The van der Waals surface area contributed by atoms with E-state index in [-0.39, 0.29) is 161 Å². The molecule has 3 saturated heterocycles. The average molecular weight is 955 g/mol. The van der Waals surface area contributed by atoms with Crippen molar-refractivity contribution in [2.24, 2.45) is 16.5 Å². The third-order valence-electron chi connectivity index (χ3n) is 11.1. The van der Waals surface area contributed by atoms with E-state index in [1.807, 2.05) is 0 Å². The molecule has 2 bridgehead atoms. The van der Waals surface area contributed by atoms with Crippen LogP contribution in [0.5, 0.6) is 0 Å². The maximum atomic E-state index is 13.7. The minimum Gasteiger partial charge on any atom is -0.481 e. The van der Waals surface area contributed by atoms with Crippen LogP contribution in [0.4, 0.5) is 0 Å². The van der Waals surface area contributed by atoms with E-state index in [2.05, 4.69) is 36.9 Å². The number of fused-ring (bicyclic) bond motifs is 2. The molecule has 28 nitrogen and oxygen atoms in total. The van der Waals surface area contributed by atoms with Crippen LogP contribution in [0.3, 0.4) is 0 Å². The Morgan fingerprint density at radius 2 is 1.16 bits per heavy atom. The Bertz CT molecular complexity index is 1750. The van der Waals surface area contributed by atoms with E-state index in [1.165, 1.54) is 0 Å². The minimum absolute atomic E-state index is 0.0209. The van der Waals surface area contributed by atoms with Gasteiger partial charge < -0.3 is 63.8 Å². The predicted octanol–water partition coefficient (Wildman–Crippen LogP) is -7.34. The van der Waals surface area contributed by atoms with Crippen LogP contribution in [-0.2, 0) is 47.9 Å². The molecule has 28 heteroatoms. The third-order valence-corrected chi connectivity index (χ3v) is 11.1. The summed E-state index contributed by atoms with van der Waals surface area (Å²) in [5.41, 5.74) is 10.8. The molecule has 0 saturated carbocycles. The standard InChI is InChI=1S/C39H66N14O14/c40-39(41)44-6-1-3-26-36(65)45-19-30(55)47-27(18-32(57)58)37(66)46-25-17-28(38(67)48-26)53(20-25)8-7-43-29(54)4-2-5-42-31(56)21-49-9-11-50(22-33(59)60)13-15-52(24-35(63)64)16-14-51(12-10-49)23-34(61)62/h25-28H,1-24H2,(H,42,56)(H,43,54)(H,45,65)(H,46,66)(H,47,55)(H,48,67)(H,57,58)(H,59,60)(H,61,62)(H,63,64)(H4,40,41,44)/t25-,26?,27-,28-/m0/s1. The van der Waals surface area contributed by atoms with Gasteiger partial charge in [0.2, 0.25) is 35.4 Å². The Morgan fingerprint density at radius 3 is 1.69 bits per heavy atom. The molecule has 0 radical (unpaired) electrons. The number of carbonyl (C=O) groups is 10. The summed E-state index contributed by atoms with van der Waals surface area (Å²) in [4.78, 5) is 137. The van der Waals surface area contributed by atoms with Gasteiger partial charge in [0.05, 0.1) is 45.2 Å². The second kappa shape index (κ2) is 28.7. The van der Waals surface area contributed by atoms with E-state index in [1.54, 1.807) is 24.5 Å². The van der Waals surface area contributed by atoms with Gasteiger partial charge in [-0.25, -0.2) is 0 Å². The molecule has 3 fully saturated rings. The fourth-order valence-electron chi connectivity index (χ4n) is 7.74. The summed E-state index contributed by atoms with van der Waals surface area (Å²) >= 11 is 0. The number of nitrogens with two attached hydrogens (primary N) is 2. The smallest absolute Gasteiger partial charge is 0.317 e. The number of aliphatic carboxylic acids is 4. The van der Waals surface area contributed by atoms with Gasteiger partial charge in [-0.3, -0.25) is 77.4 Å². The van der Waals surface area contributed by atoms with Gasteiger partial charge in [0.25, 0.3) is 0 Å². The third kappa shape index (κ3) is 22.2. The molecule has 14 N–H and O–H groups in total. The van der Waals surface area contributed by atoms with Crippen molar-refractivity contribution in [3.63, 3.8) is 0 Å². The van der Waals surface area contributed by atoms with Crippen LogP contribution < -0.4 is 43.4 Å². The summed E-state index contributed by atoms with van der Waals surface area (Å²) in [5.74, 6) is -8.33. The Balaban J connectivity index is 1.57. The van der Waals surface area contributed by atoms with Crippen LogP contribution in [0.1, 0.15) is 38.5 Å². The number of nitrogens with one attached hydrogen (secondary N) is 6. The molecule has 0 aliphatic carbocycles. The number of guanidine groups is 1. The molecular formula is C39H66N14O14. The summed E-state index contributed by atoms with van der Waals surface area (Å²) in [6, 6.07) is -4.13. The lowest BCUT2D eigenvalue weighted by atomic mass is 10.1. The fourth-order valence-corrected chi connectivity index (χ4v) is 7.74. The number of carboxylic acids is 4. The minimum atomic E-state index is -1.47. The van der Waals surface area contributed by atoms with E-state index >= 15 is 0 Å². The van der Waals surface area contributed by atoms with E-state index in [0.717, 1.165) is 0 Å². The van der Waals surface area contributed by atoms with Crippen LogP contribution in [0, 0.1) is 0 Å². The van der Waals surface area contributed by atoms with Crippen molar-refractivity contribution in [3.05, 3.63) is 0 Å². The van der Waals surface area contributed by atoms with Crippen LogP contribution in [0.25, 0.3) is 0 Å². The molecule has 67 heavy (non-hydrogen) atoms. The first-order valence-electron chi connectivity index (χ1n) is 22.0. The Hall–Kier alpha value is -6.23. The van der Waals surface area contributed by atoms with Crippen molar-refractivity contribution < 1.29 is 68.4 Å². The van der Waals surface area contributed by atoms with Crippen LogP contribution >= 0.6 is 0 Å². The molecule has 0 aromatic carbocycles. The van der Waals surface area contributed by atoms with E-state index in [9.17, 15) is 68.4 Å². The van der Waals surface area contributed by atoms with Gasteiger partial charge in [-0.15, -0.1) is 0 Å². The normalized spacial score (nSPS) is 22.6. The number of aliphatic imine (C=N–C) groups is 1. The first kappa shape index (κ1) is 55.1. The number of rotatable bonds is 21. The number of amides is 6. The number of carbonyl (C=O) groups excluding carboxylic acids is 6. The van der Waals surface area contributed by atoms with Gasteiger partial charge in [0.15, 0.2) is 5.96 Å².